The highest BCUT2D eigenvalue weighted by atomic mass is 35.5. The van der Waals surface area contributed by atoms with E-state index < -0.39 is 75.7 Å². The minimum absolute atomic E-state index is 0.0355. The van der Waals surface area contributed by atoms with Crippen LogP contribution in [0, 0.1) is 11.6 Å². The molecule has 44 heavy (non-hydrogen) atoms. The van der Waals surface area contributed by atoms with Crippen LogP contribution in [0.1, 0.15) is 41.5 Å². The number of carboxylic acid groups (broad SMARTS) is 1. The van der Waals surface area contributed by atoms with Gasteiger partial charge in [0, 0.05) is 17.3 Å². The first-order valence-electron chi connectivity index (χ1n) is 12.6. The number of pyridine rings is 1. The van der Waals surface area contributed by atoms with E-state index in [1.54, 1.807) is 5.32 Å². The predicted octanol–water partition coefficient (Wildman–Crippen LogP) is 6.00. The zero-order valence-electron chi connectivity index (χ0n) is 23.1. The van der Waals surface area contributed by atoms with Gasteiger partial charge in [0.05, 0.1) is 17.1 Å². The number of aromatic nitrogens is 3. The van der Waals surface area contributed by atoms with Crippen molar-refractivity contribution in [1.29, 1.82) is 0 Å². The number of hydrogen-bond donors (Lipinski definition) is 2. The van der Waals surface area contributed by atoms with Crippen LogP contribution < -0.4 is 10.2 Å². The second-order valence-corrected chi connectivity index (χ2v) is 10.6. The molecule has 16 heteroatoms. The van der Waals surface area contributed by atoms with Crippen molar-refractivity contribution in [3.63, 3.8) is 0 Å². The van der Waals surface area contributed by atoms with Gasteiger partial charge < -0.3 is 15.2 Å². The molecule has 0 atom stereocenters. The van der Waals surface area contributed by atoms with E-state index in [0.717, 1.165) is 34.8 Å². The first-order chi connectivity index (χ1) is 20.5. The van der Waals surface area contributed by atoms with Gasteiger partial charge in [-0.25, -0.2) is 22.9 Å². The van der Waals surface area contributed by atoms with Crippen LogP contribution in [-0.2, 0) is 4.74 Å². The van der Waals surface area contributed by atoms with Crippen molar-refractivity contribution >= 4 is 47.1 Å². The first-order valence-corrected chi connectivity index (χ1v) is 12.9. The molecule has 0 radical (unpaired) electrons. The third-order valence-corrected chi connectivity index (χ3v) is 6.15. The molecule has 0 unspecified atom stereocenters. The average Bonchev–Trinajstić information content (AvgIpc) is 3.33. The van der Waals surface area contributed by atoms with Crippen LogP contribution >= 0.6 is 11.6 Å². The lowest BCUT2D eigenvalue weighted by molar-refractivity contribution is 0.0111. The number of nitrogens with one attached hydrogen (secondary N) is 1. The Labute approximate surface area is 251 Å². The summed E-state index contributed by atoms with van der Waals surface area (Å²) in [4.78, 5) is 53.4. The molecule has 0 saturated heterocycles. The summed E-state index contributed by atoms with van der Waals surface area (Å²) in [5, 5.41) is 14.9. The maximum absolute atomic E-state index is 15.6. The van der Waals surface area contributed by atoms with Gasteiger partial charge in [-0.3, -0.25) is 9.59 Å². The largest absolute Gasteiger partial charge is 0.464 e. The second kappa shape index (κ2) is 11.9. The molecule has 11 nitrogen and oxygen atoms in total. The number of benzene rings is 2. The van der Waals surface area contributed by atoms with Crippen molar-refractivity contribution in [2.75, 3.05) is 11.4 Å². The molecular weight excluding hydrogens is 614 g/mol. The van der Waals surface area contributed by atoms with Gasteiger partial charge in [0.2, 0.25) is 5.78 Å². The fourth-order valence-electron chi connectivity index (χ4n) is 3.84. The lowest BCUT2D eigenvalue weighted by atomic mass is 10.0. The molecule has 0 aliphatic carbocycles. The van der Waals surface area contributed by atoms with E-state index in [1.165, 1.54) is 45.2 Å². The van der Waals surface area contributed by atoms with E-state index in [9.17, 15) is 37.5 Å². The molecule has 4 rings (SSSR count). The molecule has 0 bridgehead atoms. The van der Waals surface area contributed by atoms with Crippen molar-refractivity contribution in [3.8, 4) is 11.1 Å². The Morgan fingerprint density at radius 1 is 1.05 bits per heavy atom. The van der Waals surface area contributed by atoms with Gasteiger partial charge in [-0.1, -0.05) is 11.6 Å². The van der Waals surface area contributed by atoms with Crippen LogP contribution in [0.3, 0.4) is 0 Å². The molecular formula is C28H22ClF4N5O6. The Kier molecular flexibility index (Phi) is 8.63. The zero-order chi connectivity index (χ0) is 32.6. The van der Waals surface area contributed by atoms with Crippen LogP contribution in [0.4, 0.5) is 33.1 Å². The SMILES string of the molecule is CC(C)(C)OC(=O)N(C(=O)O)c1nc2cc(-c3ccc(Cl)c(C(=O)NCC(F)(F)C(=O)c4ccc(F)cc4)c3F)ccn2n1. The number of carbonyl (C=O) groups excluding carboxylic acids is 3. The number of ketones is 1. The lowest BCUT2D eigenvalue weighted by Gasteiger charge is -2.22. The number of imide groups is 1. The van der Waals surface area contributed by atoms with Crippen LogP contribution in [-0.4, -0.2) is 61.6 Å². The van der Waals surface area contributed by atoms with E-state index >= 15 is 4.39 Å². The predicted molar refractivity (Wildman–Crippen MR) is 148 cm³/mol. The molecule has 0 aliphatic heterocycles. The van der Waals surface area contributed by atoms with Crippen molar-refractivity contribution in [1.82, 2.24) is 19.9 Å². The van der Waals surface area contributed by atoms with E-state index in [2.05, 4.69) is 10.1 Å². The molecule has 0 aliphatic rings. The number of halogens is 5. The highest BCUT2D eigenvalue weighted by molar-refractivity contribution is 6.34. The summed E-state index contributed by atoms with van der Waals surface area (Å²) in [5.41, 5.74) is -2.48. The fourth-order valence-corrected chi connectivity index (χ4v) is 4.07. The van der Waals surface area contributed by atoms with Gasteiger partial charge in [-0.05, 0) is 74.9 Å². The summed E-state index contributed by atoms with van der Waals surface area (Å²) >= 11 is 6.02. The van der Waals surface area contributed by atoms with Crippen LogP contribution in [0.15, 0.2) is 54.7 Å². The molecule has 230 valence electrons. The summed E-state index contributed by atoms with van der Waals surface area (Å²) in [5.74, 6) is -9.65. The molecule has 0 spiro atoms. The van der Waals surface area contributed by atoms with Crippen LogP contribution in [0.5, 0.6) is 0 Å². The molecule has 2 aromatic heterocycles. The van der Waals surface area contributed by atoms with Crippen molar-refractivity contribution in [3.05, 3.63) is 82.5 Å². The van der Waals surface area contributed by atoms with E-state index in [-0.39, 0.29) is 21.7 Å². The number of nitrogens with zero attached hydrogens (tertiary/aromatic N) is 4. The number of fused-ring (bicyclic) bond motifs is 1. The standard InChI is InChI=1S/C28H22ClF4N5O6/c1-27(2,3)44-26(43)38(25(41)42)24-35-19-12-15(10-11-37(19)36-24)17-8-9-18(29)20(21(17)31)23(40)34-13-28(32,33)22(39)14-4-6-16(30)7-5-14/h4-12H,13H2,1-3H3,(H,34,40)(H,41,42). The second-order valence-electron chi connectivity index (χ2n) is 10.2. The maximum Gasteiger partial charge on any atom is 0.427 e. The van der Waals surface area contributed by atoms with Gasteiger partial charge in [0.15, 0.2) is 5.65 Å². The number of ether oxygens (including phenoxy) is 1. The number of amides is 3. The fraction of sp³-hybridized carbons (Fsp3) is 0.214. The summed E-state index contributed by atoms with van der Waals surface area (Å²) < 4.78 is 64.0. The Morgan fingerprint density at radius 3 is 2.32 bits per heavy atom. The number of alkyl halides is 2. The van der Waals surface area contributed by atoms with Gasteiger partial charge in [-0.15, -0.1) is 10.00 Å². The van der Waals surface area contributed by atoms with Gasteiger partial charge in [0.25, 0.3) is 11.9 Å². The number of anilines is 1. The highest BCUT2D eigenvalue weighted by Gasteiger charge is 2.40. The summed E-state index contributed by atoms with van der Waals surface area (Å²) in [6, 6.07) is 8.30. The maximum atomic E-state index is 15.6. The minimum Gasteiger partial charge on any atom is -0.464 e. The zero-order valence-corrected chi connectivity index (χ0v) is 23.8. The molecule has 2 heterocycles. The molecule has 3 amide bonds. The third-order valence-electron chi connectivity index (χ3n) is 5.83. The van der Waals surface area contributed by atoms with Crippen molar-refractivity contribution in [2.45, 2.75) is 32.3 Å². The number of hydrogen-bond acceptors (Lipinski definition) is 7. The Bertz CT molecular complexity index is 1790. The van der Waals surface area contributed by atoms with Crippen LogP contribution in [0.2, 0.25) is 5.02 Å². The van der Waals surface area contributed by atoms with Gasteiger partial charge >= 0.3 is 18.1 Å². The Morgan fingerprint density at radius 2 is 1.70 bits per heavy atom. The molecule has 0 fully saturated rings. The highest BCUT2D eigenvalue weighted by Crippen LogP contribution is 2.31. The van der Waals surface area contributed by atoms with Gasteiger partial charge in [-0.2, -0.15) is 13.8 Å². The molecule has 0 saturated carbocycles. The number of Topliss-reactive ketones (excluding diaryl/α,β-unsaturated/α-hetero) is 1. The Hall–Kier alpha value is -5.05. The van der Waals surface area contributed by atoms with Crippen LogP contribution in [0.25, 0.3) is 16.8 Å². The normalized spacial score (nSPS) is 11.7. The van der Waals surface area contributed by atoms with E-state index in [0.29, 0.717) is 0 Å². The number of rotatable bonds is 7. The van der Waals surface area contributed by atoms with Crippen molar-refractivity contribution in [2.24, 2.45) is 0 Å². The quantitative estimate of drug-likeness (QED) is 0.186. The monoisotopic (exact) mass is 635 g/mol. The minimum atomic E-state index is -4.12. The topological polar surface area (TPSA) is 143 Å². The molecule has 2 N–H and O–H groups in total. The average molecular weight is 636 g/mol. The molecule has 4 aromatic rings. The Balaban J connectivity index is 1.60. The number of carbonyl (C=O) groups is 4. The van der Waals surface area contributed by atoms with Gasteiger partial charge in [0.1, 0.15) is 17.2 Å². The first kappa shape index (κ1) is 31.9. The van der Waals surface area contributed by atoms with Crippen molar-refractivity contribution < 1.29 is 46.6 Å². The van der Waals surface area contributed by atoms with E-state index in [4.69, 9.17) is 16.3 Å². The lowest BCUT2D eigenvalue weighted by Crippen LogP contribution is -2.42. The molecule has 2 aromatic carbocycles. The summed E-state index contributed by atoms with van der Waals surface area (Å²) in [6.07, 6.45) is -1.71. The smallest absolute Gasteiger partial charge is 0.427 e. The summed E-state index contributed by atoms with van der Waals surface area (Å²) in [7, 11) is 0. The van der Waals surface area contributed by atoms with E-state index in [1.807, 2.05) is 0 Å². The summed E-state index contributed by atoms with van der Waals surface area (Å²) in [6.45, 7) is 3.09. The third kappa shape index (κ3) is 6.78.